The first-order chi connectivity index (χ1) is 13.7. The van der Waals surface area contributed by atoms with Crippen LogP contribution >= 0.6 is 0 Å². The molecule has 1 aliphatic rings. The number of sulfonamides is 1. The number of benzene rings is 1. The summed E-state index contributed by atoms with van der Waals surface area (Å²) in [6, 6.07) is 11.5. The average Bonchev–Trinajstić information content (AvgIpc) is 3.20. The lowest BCUT2D eigenvalue weighted by molar-refractivity contribution is 0.0730. The van der Waals surface area contributed by atoms with E-state index < -0.39 is 10.0 Å². The molecule has 0 spiro atoms. The zero-order valence-electron chi connectivity index (χ0n) is 17.1. The lowest BCUT2D eigenvalue weighted by Crippen LogP contribution is -2.40. The molecule has 1 amide bonds. The highest BCUT2D eigenvalue weighted by Gasteiger charge is 2.29. The fourth-order valence-corrected chi connectivity index (χ4v) is 5.12. The van der Waals surface area contributed by atoms with Crippen molar-refractivity contribution < 1.29 is 17.9 Å². The van der Waals surface area contributed by atoms with Gasteiger partial charge in [-0.05, 0) is 30.4 Å². The Morgan fingerprint density at radius 3 is 2.55 bits per heavy atom. The predicted octanol–water partition coefficient (Wildman–Crippen LogP) is 2.52. The fourth-order valence-electron chi connectivity index (χ4n) is 3.72. The van der Waals surface area contributed by atoms with Crippen LogP contribution in [-0.4, -0.2) is 56.0 Å². The minimum atomic E-state index is -3.63. The molecule has 2 heterocycles. The van der Waals surface area contributed by atoms with Crippen molar-refractivity contribution in [2.45, 2.75) is 43.5 Å². The smallest absolute Gasteiger partial charge is 0.267 e. The van der Waals surface area contributed by atoms with Crippen molar-refractivity contribution in [3.63, 3.8) is 0 Å². The Bertz CT molecular complexity index is 932. The summed E-state index contributed by atoms with van der Waals surface area (Å²) in [6.45, 7) is 7.65. The molecule has 29 heavy (non-hydrogen) atoms. The Balaban J connectivity index is 1.64. The molecule has 158 valence electrons. The Kier molecular flexibility index (Phi) is 6.45. The van der Waals surface area contributed by atoms with E-state index in [1.54, 1.807) is 0 Å². The number of aromatic amines is 1. The highest BCUT2D eigenvalue weighted by Crippen LogP contribution is 2.28. The molecular formula is C21H29N3O4S. The molecular weight excluding hydrogens is 390 g/mol. The SMILES string of the molecule is CC(CC(C)(C)c1ccccc1)NC(=O)c1cc(S(=O)(=O)N2CCOCC2)c[nH]1. The lowest BCUT2D eigenvalue weighted by Gasteiger charge is -2.29. The molecule has 1 aromatic heterocycles. The van der Waals surface area contributed by atoms with Gasteiger partial charge in [0.05, 0.1) is 13.2 Å². The minimum absolute atomic E-state index is 0.0830. The third-order valence-electron chi connectivity index (χ3n) is 5.26. The van der Waals surface area contributed by atoms with Crippen LogP contribution in [0.4, 0.5) is 0 Å². The molecule has 1 unspecified atom stereocenters. The quantitative estimate of drug-likeness (QED) is 0.721. The molecule has 1 atom stereocenters. The maximum Gasteiger partial charge on any atom is 0.267 e. The Hall–Kier alpha value is -2.16. The molecule has 3 rings (SSSR count). The Labute approximate surface area is 172 Å². The first-order valence-corrected chi connectivity index (χ1v) is 11.3. The highest BCUT2D eigenvalue weighted by molar-refractivity contribution is 7.89. The second-order valence-corrected chi connectivity index (χ2v) is 10.0. The summed E-state index contributed by atoms with van der Waals surface area (Å²) in [5.41, 5.74) is 1.34. The van der Waals surface area contributed by atoms with Crippen LogP contribution < -0.4 is 5.32 Å². The molecule has 1 saturated heterocycles. The number of ether oxygens (including phenoxy) is 1. The summed E-state index contributed by atoms with van der Waals surface area (Å²) in [6.07, 6.45) is 2.13. The van der Waals surface area contributed by atoms with Gasteiger partial charge in [0.2, 0.25) is 10.0 Å². The van der Waals surface area contributed by atoms with E-state index in [-0.39, 0.29) is 28.0 Å². The van der Waals surface area contributed by atoms with E-state index >= 15 is 0 Å². The van der Waals surface area contributed by atoms with Gasteiger partial charge in [-0.1, -0.05) is 44.2 Å². The first-order valence-electron chi connectivity index (χ1n) is 9.83. The number of carbonyl (C=O) groups excluding carboxylic acids is 1. The molecule has 8 heteroatoms. The molecule has 0 aliphatic carbocycles. The number of nitrogens with zero attached hydrogens (tertiary/aromatic N) is 1. The highest BCUT2D eigenvalue weighted by atomic mass is 32.2. The third-order valence-corrected chi connectivity index (χ3v) is 7.13. The van der Waals surface area contributed by atoms with E-state index in [4.69, 9.17) is 4.74 Å². The van der Waals surface area contributed by atoms with Gasteiger partial charge in [-0.3, -0.25) is 4.79 Å². The van der Waals surface area contributed by atoms with Crippen molar-refractivity contribution in [2.75, 3.05) is 26.3 Å². The zero-order chi connectivity index (χ0) is 21.1. The zero-order valence-corrected chi connectivity index (χ0v) is 18.0. The Morgan fingerprint density at radius 1 is 1.24 bits per heavy atom. The second-order valence-electron chi connectivity index (χ2n) is 8.09. The van der Waals surface area contributed by atoms with Crippen LogP contribution in [0, 0.1) is 0 Å². The monoisotopic (exact) mass is 419 g/mol. The number of carbonyl (C=O) groups is 1. The number of nitrogens with one attached hydrogen (secondary N) is 2. The lowest BCUT2D eigenvalue weighted by atomic mass is 9.79. The van der Waals surface area contributed by atoms with Crippen molar-refractivity contribution in [2.24, 2.45) is 0 Å². The third kappa shape index (κ3) is 5.07. The summed E-state index contributed by atoms with van der Waals surface area (Å²) in [7, 11) is -3.63. The van der Waals surface area contributed by atoms with E-state index in [0.29, 0.717) is 26.3 Å². The van der Waals surface area contributed by atoms with Crippen molar-refractivity contribution in [3.05, 3.63) is 53.9 Å². The fraction of sp³-hybridized carbons (Fsp3) is 0.476. The van der Waals surface area contributed by atoms with E-state index in [1.165, 1.54) is 22.1 Å². The molecule has 1 fully saturated rings. The number of H-pyrrole nitrogens is 1. The standard InChI is InChI=1S/C21H29N3O4S/c1-16(14-21(2,3)17-7-5-4-6-8-17)23-20(25)19-13-18(15-22-19)29(26,27)24-9-11-28-12-10-24/h4-8,13,15-16,22H,9-12,14H2,1-3H3,(H,23,25). The molecule has 2 N–H and O–H groups in total. The van der Waals surface area contributed by atoms with E-state index in [1.807, 2.05) is 25.1 Å². The van der Waals surface area contributed by atoms with Crippen LogP contribution in [-0.2, 0) is 20.2 Å². The van der Waals surface area contributed by atoms with Crippen LogP contribution in [0.3, 0.4) is 0 Å². The molecule has 7 nitrogen and oxygen atoms in total. The predicted molar refractivity (Wildman–Crippen MR) is 111 cm³/mol. The van der Waals surface area contributed by atoms with E-state index in [0.717, 1.165) is 6.42 Å². The average molecular weight is 420 g/mol. The molecule has 0 radical (unpaired) electrons. The molecule has 2 aromatic rings. The summed E-state index contributed by atoms with van der Waals surface area (Å²) in [5.74, 6) is -0.315. The van der Waals surface area contributed by atoms with Gasteiger partial charge in [0.15, 0.2) is 0 Å². The first kappa shape index (κ1) is 21.5. The van der Waals surface area contributed by atoms with Gasteiger partial charge < -0.3 is 15.0 Å². The maximum absolute atomic E-state index is 12.7. The largest absolute Gasteiger partial charge is 0.379 e. The summed E-state index contributed by atoms with van der Waals surface area (Å²) in [5, 5.41) is 2.97. The summed E-state index contributed by atoms with van der Waals surface area (Å²) >= 11 is 0. The number of morpholine rings is 1. The number of hydrogen-bond donors (Lipinski definition) is 2. The van der Waals surface area contributed by atoms with Crippen LogP contribution in [0.2, 0.25) is 0 Å². The van der Waals surface area contributed by atoms with Crippen molar-refractivity contribution in [3.8, 4) is 0 Å². The number of rotatable bonds is 7. The number of aromatic nitrogens is 1. The topological polar surface area (TPSA) is 91.5 Å². The maximum atomic E-state index is 12.7. The van der Waals surface area contributed by atoms with Gasteiger partial charge >= 0.3 is 0 Å². The van der Waals surface area contributed by atoms with E-state index in [2.05, 4.69) is 36.3 Å². The van der Waals surface area contributed by atoms with Crippen molar-refractivity contribution in [1.29, 1.82) is 0 Å². The van der Waals surface area contributed by atoms with Gasteiger partial charge in [-0.15, -0.1) is 0 Å². The van der Waals surface area contributed by atoms with Crippen LogP contribution in [0.15, 0.2) is 47.5 Å². The summed E-state index contributed by atoms with van der Waals surface area (Å²) in [4.78, 5) is 15.5. The van der Waals surface area contributed by atoms with Gasteiger partial charge in [0.1, 0.15) is 10.6 Å². The molecule has 0 bridgehead atoms. The van der Waals surface area contributed by atoms with Crippen LogP contribution in [0.5, 0.6) is 0 Å². The number of hydrogen-bond acceptors (Lipinski definition) is 4. The second kappa shape index (κ2) is 8.69. The van der Waals surface area contributed by atoms with Crippen LogP contribution in [0.25, 0.3) is 0 Å². The van der Waals surface area contributed by atoms with Gasteiger partial charge in [0, 0.05) is 25.3 Å². The molecule has 0 saturated carbocycles. The van der Waals surface area contributed by atoms with Gasteiger partial charge in [0.25, 0.3) is 5.91 Å². The minimum Gasteiger partial charge on any atom is -0.379 e. The van der Waals surface area contributed by atoms with Gasteiger partial charge in [-0.2, -0.15) is 4.31 Å². The van der Waals surface area contributed by atoms with Gasteiger partial charge in [-0.25, -0.2) is 8.42 Å². The van der Waals surface area contributed by atoms with Crippen LogP contribution in [0.1, 0.15) is 43.2 Å². The normalized spacial score (nSPS) is 17.1. The molecule has 1 aromatic carbocycles. The van der Waals surface area contributed by atoms with Crippen molar-refractivity contribution in [1.82, 2.24) is 14.6 Å². The Morgan fingerprint density at radius 2 is 1.90 bits per heavy atom. The van der Waals surface area contributed by atoms with E-state index in [9.17, 15) is 13.2 Å². The number of amides is 1. The molecule has 1 aliphatic heterocycles. The van der Waals surface area contributed by atoms with Crippen molar-refractivity contribution >= 4 is 15.9 Å². The summed E-state index contributed by atoms with van der Waals surface area (Å²) < 4.78 is 32.0.